The first-order chi connectivity index (χ1) is 9.81. The van der Waals surface area contributed by atoms with Crippen LogP contribution in [0.25, 0.3) is 12.2 Å². The maximum Gasteiger partial charge on any atom is 0.119 e. The SMILES string of the molecule is CCOc1ccc(/C=C/c2ccc(OCC)cc2)cc1. The maximum atomic E-state index is 5.42. The quantitative estimate of drug-likeness (QED) is 0.710. The Kier molecular flexibility index (Phi) is 5.24. The van der Waals surface area contributed by atoms with Gasteiger partial charge in [0.2, 0.25) is 0 Å². The first-order valence-electron chi connectivity index (χ1n) is 6.95. The minimum atomic E-state index is 0.696. The predicted molar refractivity (Wildman–Crippen MR) is 84.2 cm³/mol. The highest BCUT2D eigenvalue weighted by Crippen LogP contribution is 2.16. The van der Waals surface area contributed by atoms with Crippen LogP contribution in [0.4, 0.5) is 0 Å². The third-order valence-electron chi connectivity index (χ3n) is 2.85. The highest BCUT2D eigenvalue weighted by atomic mass is 16.5. The van der Waals surface area contributed by atoms with Crippen LogP contribution < -0.4 is 9.47 Å². The van der Waals surface area contributed by atoms with Crippen molar-refractivity contribution in [3.63, 3.8) is 0 Å². The van der Waals surface area contributed by atoms with Gasteiger partial charge in [-0.15, -0.1) is 0 Å². The highest BCUT2D eigenvalue weighted by Gasteiger charge is 1.93. The molecule has 2 aromatic rings. The van der Waals surface area contributed by atoms with Gasteiger partial charge in [-0.25, -0.2) is 0 Å². The van der Waals surface area contributed by atoms with E-state index in [0.29, 0.717) is 13.2 Å². The van der Waals surface area contributed by atoms with Gasteiger partial charge in [0, 0.05) is 0 Å². The lowest BCUT2D eigenvalue weighted by Crippen LogP contribution is -1.90. The van der Waals surface area contributed by atoms with Gasteiger partial charge in [0.15, 0.2) is 0 Å². The lowest BCUT2D eigenvalue weighted by atomic mass is 10.1. The van der Waals surface area contributed by atoms with Crippen LogP contribution in [0.5, 0.6) is 11.5 Å². The van der Waals surface area contributed by atoms with E-state index in [4.69, 9.17) is 9.47 Å². The van der Waals surface area contributed by atoms with E-state index < -0.39 is 0 Å². The molecule has 2 aromatic carbocycles. The molecular weight excluding hydrogens is 248 g/mol. The third-order valence-corrected chi connectivity index (χ3v) is 2.85. The molecule has 0 fully saturated rings. The molecule has 0 N–H and O–H groups in total. The second-order valence-electron chi connectivity index (χ2n) is 4.34. The summed E-state index contributed by atoms with van der Waals surface area (Å²) in [6.07, 6.45) is 4.18. The maximum absolute atomic E-state index is 5.42. The molecule has 0 radical (unpaired) electrons. The summed E-state index contributed by atoms with van der Waals surface area (Å²) in [5.41, 5.74) is 2.31. The average Bonchev–Trinajstić information content (AvgIpc) is 2.49. The molecule has 0 bridgehead atoms. The van der Waals surface area contributed by atoms with Crippen LogP contribution in [-0.4, -0.2) is 13.2 Å². The molecule has 0 saturated heterocycles. The Balaban J connectivity index is 2.01. The zero-order chi connectivity index (χ0) is 14.2. The van der Waals surface area contributed by atoms with Crippen LogP contribution in [0.3, 0.4) is 0 Å². The zero-order valence-electron chi connectivity index (χ0n) is 12.0. The fourth-order valence-corrected chi connectivity index (χ4v) is 1.88. The fraction of sp³-hybridized carbons (Fsp3) is 0.222. The van der Waals surface area contributed by atoms with E-state index >= 15 is 0 Å². The van der Waals surface area contributed by atoms with Crippen LogP contribution in [0, 0.1) is 0 Å². The molecule has 104 valence electrons. The van der Waals surface area contributed by atoms with Gasteiger partial charge < -0.3 is 9.47 Å². The molecule has 0 aromatic heterocycles. The summed E-state index contributed by atoms with van der Waals surface area (Å²) in [6, 6.07) is 16.2. The van der Waals surface area contributed by atoms with Gasteiger partial charge in [0.1, 0.15) is 11.5 Å². The van der Waals surface area contributed by atoms with E-state index in [9.17, 15) is 0 Å². The molecule has 0 saturated carbocycles. The van der Waals surface area contributed by atoms with Crippen molar-refractivity contribution in [2.75, 3.05) is 13.2 Å². The average molecular weight is 268 g/mol. The zero-order valence-corrected chi connectivity index (χ0v) is 12.0. The number of rotatable bonds is 6. The van der Waals surface area contributed by atoms with Crippen LogP contribution in [0.1, 0.15) is 25.0 Å². The second kappa shape index (κ2) is 7.39. The molecule has 0 aliphatic heterocycles. The van der Waals surface area contributed by atoms with Gasteiger partial charge in [-0.1, -0.05) is 36.4 Å². The van der Waals surface area contributed by atoms with E-state index in [2.05, 4.69) is 36.4 Å². The topological polar surface area (TPSA) is 18.5 Å². The van der Waals surface area contributed by atoms with Gasteiger partial charge in [0.05, 0.1) is 13.2 Å². The summed E-state index contributed by atoms with van der Waals surface area (Å²) in [6.45, 7) is 5.36. The van der Waals surface area contributed by atoms with Crippen LogP contribution >= 0.6 is 0 Å². The second-order valence-corrected chi connectivity index (χ2v) is 4.34. The molecule has 2 rings (SSSR count). The molecule has 0 aliphatic carbocycles. The molecule has 0 unspecified atom stereocenters. The van der Waals surface area contributed by atoms with E-state index in [1.807, 2.05) is 38.1 Å². The third kappa shape index (κ3) is 4.16. The van der Waals surface area contributed by atoms with Crippen molar-refractivity contribution in [3.05, 3.63) is 59.7 Å². The standard InChI is InChI=1S/C18H20O2/c1-3-19-17-11-7-15(8-12-17)5-6-16-9-13-18(14-10-16)20-4-2/h5-14H,3-4H2,1-2H3/b6-5+. The van der Waals surface area contributed by atoms with Crippen molar-refractivity contribution >= 4 is 12.2 Å². The minimum absolute atomic E-state index is 0.696. The van der Waals surface area contributed by atoms with E-state index in [1.54, 1.807) is 0 Å². The van der Waals surface area contributed by atoms with Crippen molar-refractivity contribution in [1.29, 1.82) is 0 Å². The summed E-state index contributed by atoms with van der Waals surface area (Å²) < 4.78 is 10.8. The van der Waals surface area contributed by atoms with Crippen molar-refractivity contribution in [2.45, 2.75) is 13.8 Å². The molecule has 20 heavy (non-hydrogen) atoms. The minimum Gasteiger partial charge on any atom is -0.494 e. The lowest BCUT2D eigenvalue weighted by Gasteiger charge is -2.03. The fourth-order valence-electron chi connectivity index (χ4n) is 1.88. The lowest BCUT2D eigenvalue weighted by molar-refractivity contribution is 0.340. The largest absolute Gasteiger partial charge is 0.494 e. The van der Waals surface area contributed by atoms with E-state index in [0.717, 1.165) is 22.6 Å². The molecule has 0 amide bonds. The molecule has 2 nitrogen and oxygen atoms in total. The van der Waals surface area contributed by atoms with Gasteiger partial charge in [0.25, 0.3) is 0 Å². The normalized spacial score (nSPS) is 10.7. The highest BCUT2D eigenvalue weighted by molar-refractivity contribution is 5.70. The van der Waals surface area contributed by atoms with E-state index in [1.165, 1.54) is 0 Å². The summed E-state index contributed by atoms with van der Waals surface area (Å²) in [4.78, 5) is 0. The Morgan fingerprint density at radius 1 is 0.650 bits per heavy atom. The van der Waals surface area contributed by atoms with Crippen LogP contribution in [0.15, 0.2) is 48.5 Å². The monoisotopic (exact) mass is 268 g/mol. The van der Waals surface area contributed by atoms with Crippen molar-refractivity contribution < 1.29 is 9.47 Å². The summed E-state index contributed by atoms with van der Waals surface area (Å²) in [5.74, 6) is 1.82. The Hall–Kier alpha value is -2.22. The van der Waals surface area contributed by atoms with E-state index in [-0.39, 0.29) is 0 Å². The molecule has 0 spiro atoms. The molecule has 0 aliphatic rings. The molecule has 2 heteroatoms. The molecular formula is C18H20O2. The Morgan fingerprint density at radius 2 is 1.00 bits per heavy atom. The number of benzene rings is 2. The molecule has 0 atom stereocenters. The van der Waals surface area contributed by atoms with Gasteiger partial charge in [-0.3, -0.25) is 0 Å². The van der Waals surface area contributed by atoms with Gasteiger partial charge >= 0.3 is 0 Å². The van der Waals surface area contributed by atoms with Gasteiger partial charge in [-0.05, 0) is 49.2 Å². The first-order valence-corrected chi connectivity index (χ1v) is 6.95. The first kappa shape index (κ1) is 14.2. The summed E-state index contributed by atoms with van der Waals surface area (Å²) in [5, 5.41) is 0. The van der Waals surface area contributed by atoms with Crippen molar-refractivity contribution in [2.24, 2.45) is 0 Å². The van der Waals surface area contributed by atoms with Gasteiger partial charge in [-0.2, -0.15) is 0 Å². The summed E-state index contributed by atoms with van der Waals surface area (Å²) >= 11 is 0. The molecule has 0 heterocycles. The Bertz CT molecular complexity index is 487. The number of hydrogen-bond donors (Lipinski definition) is 0. The summed E-state index contributed by atoms with van der Waals surface area (Å²) in [7, 11) is 0. The predicted octanol–water partition coefficient (Wildman–Crippen LogP) is 4.65. The van der Waals surface area contributed by atoms with Crippen molar-refractivity contribution in [1.82, 2.24) is 0 Å². The smallest absolute Gasteiger partial charge is 0.119 e. The van der Waals surface area contributed by atoms with Crippen LogP contribution in [0.2, 0.25) is 0 Å². The Morgan fingerprint density at radius 3 is 1.30 bits per heavy atom. The number of hydrogen-bond acceptors (Lipinski definition) is 2. The number of ether oxygens (including phenoxy) is 2. The van der Waals surface area contributed by atoms with Crippen molar-refractivity contribution in [3.8, 4) is 11.5 Å². The van der Waals surface area contributed by atoms with Crippen LogP contribution in [-0.2, 0) is 0 Å². The Labute approximate surface area is 120 Å².